The Morgan fingerprint density at radius 3 is 2.37 bits per heavy atom. The van der Waals surface area contributed by atoms with Gasteiger partial charge in [-0.25, -0.2) is 0 Å². The molecule has 0 atom stereocenters. The molecule has 2 heterocycles. The van der Waals surface area contributed by atoms with E-state index in [0.717, 1.165) is 31.5 Å². The molecule has 1 aliphatic rings. The predicted octanol–water partition coefficient (Wildman–Crippen LogP) is 2.19. The molecule has 27 heavy (non-hydrogen) atoms. The third-order valence-corrected chi connectivity index (χ3v) is 4.77. The molecule has 0 spiro atoms. The number of nitrogens with zero attached hydrogens (tertiary/aromatic N) is 5. The average molecular weight is 362 g/mol. The molecule has 0 aliphatic carbocycles. The van der Waals surface area contributed by atoms with Crippen molar-refractivity contribution in [3.8, 4) is 11.4 Å². The van der Waals surface area contributed by atoms with Crippen LogP contribution in [0.1, 0.15) is 23.2 Å². The second kappa shape index (κ2) is 8.09. The smallest absolute Gasteiger partial charge is 0.251 e. The minimum Gasteiger partial charge on any atom is -0.349 e. The van der Waals surface area contributed by atoms with Gasteiger partial charge in [-0.05, 0) is 30.2 Å². The van der Waals surface area contributed by atoms with Gasteiger partial charge in [0.1, 0.15) is 6.67 Å². The number of carbonyl (C=O) groups is 1. The van der Waals surface area contributed by atoms with Crippen LogP contribution in [0.3, 0.4) is 0 Å². The lowest BCUT2D eigenvalue weighted by molar-refractivity contribution is 0.0891. The highest BCUT2D eigenvalue weighted by Crippen LogP contribution is 2.14. The van der Waals surface area contributed by atoms with Crippen LogP contribution in [0.4, 0.5) is 0 Å². The van der Waals surface area contributed by atoms with Gasteiger partial charge in [0.05, 0.1) is 0 Å². The largest absolute Gasteiger partial charge is 0.349 e. The Morgan fingerprint density at radius 1 is 1.00 bits per heavy atom. The van der Waals surface area contributed by atoms with Crippen molar-refractivity contribution in [3.63, 3.8) is 0 Å². The maximum atomic E-state index is 12.3. The molecule has 7 nitrogen and oxygen atoms in total. The maximum Gasteiger partial charge on any atom is 0.251 e. The Balaban J connectivity index is 1.27. The van der Waals surface area contributed by atoms with Crippen molar-refractivity contribution < 1.29 is 4.79 Å². The first-order chi connectivity index (χ1) is 13.3. The van der Waals surface area contributed by atoms with Gasteiger partial charge in [0, 0.05) is 30.3 Å². The van der Waals surface area contributed by atoms with Crippen molar-refractivity contribution in [2.45, 2.75) is 25.6 Å². The quantitative estimate of drug-likeness (QED) is 0.753. The molecular weight excluding hydrogens is 340 g/mol. The molecule has 1 aromatic heterocycles. The van der Waals surface area contributed by atoms with E-state index in [1.165, 1.54) is 0 Å². The summed E-state index contributed by atoms with van der Waals surface area (Å²) in [5.41, 5.74) is 1.67. The summed E-state index contributed by atoms with van der Waals surface area (Å²) >= 11 is 0. The van der Waals surface area contributed by atoms with Crippen molar-refractivity contribution in [1.82, 2.24) is 30.4 Å². The van der Waals surface area contributed by atoms with E-state index in [2.05, 4.69) is 25.6 Å². The number of benzene rings is 2. The van der Waals surface area contributed by atoms with Crippen LogP contribution in [0, 0.1) is 0 Å². The molecule has 1 saturated heterocycles. The highest BCUT2D eigenvalue weighted by atomic mass is 16.1. The molecule has 2 aromatic carbocycles. The zero-order valence-corrected chi connectivity index (χ0v) is 15.0. The van der Waals surface area contributed by atoms with E-state index in [-0.39, 0.29) is 11.9 Å². The van der Waals surface area contributed by atoms with Crippen LogP contribution in [0.5, 0.6) is 0 Å². The second-order valence-corrected chi connectivity index (χ2v) is 6.72. The van der Waals surface area contributed by atoms with Crippen molar-refractivity contribution in [2.24, 2.45) is 0 Å². The first kappa shape index (κ1) is 17.4. The normalized spacial score (nSPS) is 15.6. The fourth-order valence-electron chi connectivity index (χ4n) is 3.26. The summed E-state index contributed by atoms with van der Waals surface area (Å²) in [6, 6.07) is 19.4. The van der Waals surface area contributed by atoms with Crippen LogP contribution in [-0.2, 0) is 6.67 Å². The molecule has 1 amide bonds. The van der Waals surface area contributed by atoms with Gasteiger partial charge < -0.3 is 5.32 Å². The summed E-state index contributed by atoms with van der Waals surface area (Å²) in [5.74, 6) is 0.639. The summed E-state index contributed by atoms with van der Waals surface area (Å²) in [6.07, 6.45) is 1.83. The van der Waals surface area contributed by atoms with E-state index in [1.807, 2.05) is 60.7 Å². The standard InChI is InChI=1S/C20H22N6O/c27-20(17-9-5-2-6-10-17)21-18-11-13-25(14-12-18)15-26-23-19(22-24-26)16-7-3-1-4-8-16/h1-10,18H,11-15H2,(H,21,27). The SMILES string of the molecule is O=C(NC1CCN(Cn2nnc(-c3ccccc3)n2)CC1)c1ccccc1. The lowest BCUT2D eigenvalue weighted by atomic mass is 10.0. The Kier molecular flexibility index (Phi) is 5.20. The Bertz CT molecular complexity index is 872. The van der Waals surface area contributed by atoms with Gasteiger partial charge in [0.2, 0.25) is 5.82 Å². The zero-order chi connectivity index (χ0) is 18.5. The van der Waals surface area contributed by atoms with E-state index in [1.54, 1.807) is 4.80 Å². The third-order valence-electron chi connectivity index (χ3n) is 4.77. The van der Waals surface area contributed by atoms with Crippen LogP contribution in [0.2, 0.25) is 0 Å². The Hall–Kier alpha value is -3.06. The van der Waals surface area contributed by atoms with Gasteiger partial charge in [0.25, 0.3) is 5.91 Å². The Labute approximate surface area is 158 Å². The van der Waals surface area contributed by atoms with Crippen molar-refractivity contribution >= 4 is 5.91 Å². The maximum absolute atomic E-state index is 12.3. The fourth-order valence-corrected chi connectivity index (χ4v) is 3.26. The summed E-state index contributed by atoms with van der Waals surface area (Å²) in [5, 5.41) is 15.9. The number of likely N-dealkylation sites (tertiary alicyclic amines) is 1. The van der Waals surface area contributed by atoms with Gasteiger partial charge >= 0.3 is 0 Å². The zero-order valence-electron chi connectivity index (χ0n) is 15.0. The second-order valence-electron chi connectivity index (χ2n) is 6.72. The van der Waals surface area contributed by atoms with E-state index in [9.17, 15) is 4.79 Å². The third kappa shape index (κ3) is 4.38. The molecular formula is C20H22N6O. The number of rotatable bonds is 5. The van der Waals surface area contributed by atoms with E-state index < -0.39 is 0 Å². The molecule has 0 unspecified atom stereocenters. The molecule has 1 aliphatic heterocycles. The number of amides is 1. The highest BCUT2D eigenvalue weighted by molar-refractivity contribution is 5.94. The molecule has 0 radical (unpaired) electrons. The fraction of sp³-hybridized carbons (Fsp3) is 0.300. The first-order valence-electron chi connectivity index (χ1n) is 9.19. The predicted molar refractivity (Wildman–Crippen MR) is 102 cm³/mol. The highest BCUT2D eigenvalue weighted by Gasteiger charge is 2.21. The van der Waals surface area contributed by atoms with E-state index in [0.29, 0.717) is 18.1 Å². The summed E-state index contributed by atoms with van der Waals surface area (Å²) in [4.78, 5) is 16.2. The van der Waals surface area contributed by atoms with Crippen LogP contribution in [-0.4, -0.2) is 50.1 Å². The van der Waals surface area contributed by atoms with Gasteiger partial charge in [-0.2, -0.15) is 0 Å². The molecule has 0 saturated carbocycles. The molecule has 0 bridgehead atoms. The van der Waals surface area contributed by atoms with Crippen LogP contribution >= 0.6 is 0 Å². The van der Waals surface area contributed by atoms with Gasteiger partial charge in [0.15, 0.2) is 0 Å². The number of piperidine rings is 1. The van der Waals surface area contributed by atoms with E-state index >= 15 is 0 Å². The summed E-state index contributed by atoms with van der Waals surface area (Å²) in [6.45, 7) is 2.39. The number of hydrogen-bond donors (Lipinski definition) is 1. The molecule has 7 heteroatoms. The van der Waals surface area contributed by atoms with Crippen molar-refractivity contribution in [2.75, 3.05) is 13.1 Å². The lowest BCUT2D eigenvalue weighted by Gasteiger charge is -2.31. The number of nitrogens with one attached hydrogen (secondary N) is 1. The average Bonchev–Trinajstić information content (AvgIpc) is 3.19. The molecule has 1 N–H and O–H groups in total. The van der Waals surface area contributed by atoms with Gasteiger partial charge in [-0.15, -0.1) is 15.0 Å². The van der Waals surface area contributed by atoms with Crippen molar-refractivity contribution in [3.05, 3.63) is 66.2 Å². The minimum atomic E-state index is -0.000467. The molecule has 138 valence electrons. The lowest BCUT2D eigenvalue weighted by Crippen LogP contribution is -2.45. The summed E-state index contributed by atoms with van der Waals surface area (Å²) in [7, 11) is 0. The minimum absolute atomic E-state index is 0.000467. The van der Waals surface area contributed by atoms with Crippen LogP contribution in [0.15, 0.2) is 60.7 Å². The van der Waals surface area contributed by atoms with Gasteiger partial charge in [-0.3, -0.25) is 9.69 Å². The van der Waals surface area contributed by atoms with Gasteiger partial charge in [-0.1, -0.05) is 48.5 Å². The van der Waals surface area contributed by atoms with Crippen molar-refractivity contribution in [1.29, 1.82) is 0 Å². The first-order valence-corrected chi connectivity index (χ1v) is 9.19. The number of carbonyl (C=O) groups excluding carboxylic acids is 1. The van der Waals surface area contributed by atoms with E-state index in [4.69, 9.17) is 0 Å². The summed E-state index contributed by atoms with van der Waals surface area (Å²) < 4.78 is 0. The number of tetrazole rings is 1. The topological polar surface area (TPSA) is 75.9 Å². The molecule has 4 rings (SSSR count). The molecule has 3 aromatic rings. The monoisotopic (exact) mass is 362 g/mol. The van der Waals surface area contributed by atoms with Crippen LogP contribution < -0.4 is 5.32 Å². The molecule has 1 fully saturated rings. The Morgan fingerprint density at radius 2 is 1.67 bits per heavy atom. The van der Waals surface area contributed by atoms with Crippen LogP contribution in [0.25, 0.3) is 11.4 Å². The number of aromatic nitrogens is 4. The number of hydrogen-bond acceptors (Lipinski definition) is 5.